The van der Waals surface area contributed by atoms with Crippen LogP contribution in [0.15, 0.2) is 23.1 Å². The molecule has 0 bridgehead atoms. The van der Waals surface area contributed by atoms with E-state index in [1.54, 1.807) is 12.1 Å². The molecule has 0 atom stereocenters. The molecule has 2 aliphatic rings. The summed E-state index contributed by atoms with van der Waals surface area (Å²) in [5.41, 5.74) is 1.62. The van der Waals surface area contributed by atoms with E-state index in [9.17, 15) is 13.2 Å². The molecule has 2 fully saturated rings. The van der Waals surface area contributed by atoms with Gasteiger partial charge in [-0.15, -0.1) is 0 Å². The number of morpholine rings is 1. The number of nitrogens with zero attached hydrogens (tertiary/aromatic N) is 6. The number of carbonyl (C=O) groups excluding carboxylic acids is 1. The Hall–Kier alpha value is -2.05. The summed E-state index contributed by atoms with van der Waals surface area (Å²) < 4.78 is 33.7. The van der Waals surface area contributed by atoms with Crippen molar-refractivity contribution in [2.75, 3.05) is 73.1 Å². The van der Waals surface area contributed by atoms with Gasteiger partial charge in [0.05, 0.1) is 42.2 Å². The van der Waals surface area contributed by atoms with Gasteiger partial charge in [0.1, 0.15) is 5.82 Å². The Morgan fingerprint density at radius 2 is 1.76 bits per heavy atom. The van der Waals surface area contributed by atoms with E-state index < -0.39 is 10.0 Å². The van der Waals surface area contributed by atoms with E-state index in [-0.39, 0.29) is 10.8 Å². The summed E-state index contributed by atoms with van der Waals surface area (Å²) >= 11 is 0. The number of carbonyl (C=O) groups is 1. The summed E-state index contributed by atoms with van der Waals surface area (Å²) in [4.78, 5) is 24.1. The van der Waals surface area contributed by atoms with Crippen LogP contribution in [0.25, 0.3) is 11.0 Å². The minimum atomic E-state index is -3.51. The van der Waals surface area contributed by atoms with E-state index in [2.05, 4.69) is 21.3 Å². The second kappa shape index (κ2) is 10.1. The fraction of sp³-hybridized carbons (Fsp3) is 0.636. The molecule has 0 radical (unpaired) electrons. The average molecular weight is 479 g/mol. The quantitative estimate of drug-likeness (QED) is 0.565. The predicted octanol–water partition coefficient (Wildman–Crippen LogP) is 0.283. The summed E-state index contributed by atoms with van der Waals surface area (Å²) in [7, 11) is -0.448. The maximum absolute atomic E-state index is 12.7. The number of piperazine rings is 1. The number of rotatable bonds is 7. The number of aromatic nitrogens is 2. The fourth-order valence-corrected chi connectivity index (χ4v) is 5.33. The number of fused-ring (bicyclic) bond motifs is 1. The lowest BCUT2D eigenvalue weighted by Gasteiger charge is -2.36. The highest BCUT2D eigenvalue weighted by Crippen LogP contribution is 2.23. The molecule has 0 spiro atoms. The molecule has 182 valence electrons. The predicted molar refractivity (Wildman–Crippen MR) is 125 cm³/mol. The first-order chi connectivity index (χ1) is 15.8. The maximum Gasteiger partial charge on any atom is 0.242 e. The Kier molecular flexibility index (Phi) is 7.34. The second-order valence-electron chi connectivity index (χ2n) is 8.76. The molecule has 4 rings (SSSR count). The third-order valence-corrected chi connectivity index (χ3v) is 8.26. The van der Waals surface area contributed by atoms with Crippen molar-refractivity contribution < 1.29 is 17.9 Å². The van der Waals surface area contributed by atoms with Crippen LogP contribution in [0.2, 0.25) is 0 Å². The van der Waals surface area contributed by atoms with Gasteiger partial charge in [0.15, 0.2) is 0 Å². The summed E-state index contributed by atoms with van der Waals surface area (Å²) in [6.45, 7) is 9.99. The lowest BCUT2D eigenvalue weighted by atomic mass is 10.3. The van der Waals surface area contributed by atoms with Crippen LogP contribution in [0.1, 0.15) is 12.7 Å². The van der Waals surface area contributed by atoms with E-state index in [1.165, 1.54) is 18.4 Å². The van der Waals surface area contributed by atoms with Crippen molar-refractivity contribution in [1.29, 1.82) is 0 Å². The molecule has 3 heterocycles. The van der Waals surface area contributed by atoms with Crippen LogP contribution in [0.5, 0.6) is 0 Å². The molecule has 0 N–H and O–H groups in total. The Morgan fingerprint density at radius 1 is 1.06 bits per heavy atom. The van der Waals surface area contributed by atoms with Crippen molar-refractivity contribution in [3.8, 4) is 0 Å². The third-order valence-electron chi connectivity index (χ3n) is 6.45. The molecule has 1 aromatic carbocycles. The van der Waals surface area contributed by atoms with Crippen LogP contribution < -0.4 is 0 Å². The summed E-state index contributed by atoms with van der Waals surface area (Å²) in [5.74, 6) is 1.10. The lowest BCUT2D eigenvalue weighted by Crippen LogP contribution is -2.52. The summed E-state index contributed by atoms with van der Waals surface area (Å²) in [6.07, 6.45) is 0. The Labute approximate surface area is 195 Å². The Morgan fingerprint density at radius 3 is 2.39 bits per heavy atom. The van der Waals surface area contributed by atoms with Crippen LogP contribution in [-0.4, -0.2) is 116 Å². The SMILES string of the molecule is CCn1c(CN2CCN(C(=O)CN3CCOCC3)CC2)nc2cc(S(=O)(=O)N(C)C)ccc21. The molecule has 33 heavy (non-hydrogen) atoms. The van der Waals surface area contributed by atoms with E-state index >= 15 is 0 Å². The Balaban J connectivity index is 1.41. The number of sulfonamides is 1. The van der Waals surface area contributed by atoms with Crippen LogP contribution >= 0.6 is 0 Å². The van der Waals surface area contributed by atoms with Crippen molar-refractivity contribution in [3.63, 3.8) is 0 Å². The van der Waals surface area contributed by atoms with Gasteiger partial charge in [0.25, 0.3) is 0 Å². The standard InChI is InChI=1S/C22H34N6O4S/c1-4-28-20-6-5-18(33(30,31)24(2)3)15-19(20)23-21(28)16-25-7-9-27(10-8-25)22(29)17-26-11-13-32-14-12-26/h5-6,15H,4,7-14,16-17H2,1-3H3. The van der Waals surface area contributed by atoms with Crippen molar-refractivity contribution >= 4 is 27.0 Å². The minimum absolute atomic E-state index is 0.187. The molecule has 1 aromatic heterocycles. The zero-order valence-electron chi connectivity index (χ0n) is 19.7. The molecule has 0 saturated carbocycles. The highest BCUT2D eigenvalue weighted by molar-refractivity contribution is 7.89. The second-order valence-corrected chi connectivity index (χ2v) is 10.9. The molecule has 2 aliphatic heterocycles. The number of ether oxygens (including phenoxy) is 1. The number of hydrogen-bond acceptors (Lipinski definition) is 7. The van der Waals surface area contributed by atoms with Gasteiger partial charge >= 0.3 is 0 Å². The molecule has 2 aromatic rings. The largest absolute Gasteiger partial charge is 0.379 e. The van der Waals surface area contributed by atoms with Crippen LogP contribution in [0, 0.1) is 0 Å². The topological polar surface area (TPSA) is 91.2 Å². The van der Waals surface area contributed by atoms with E-state index in [4.69, 9.17) is 9.72 Å². The zero-order valence-corrected chi connectivity index (χ0v) is 20.6. The third kappa shape index (κ3) is 5.22. The normalized spacial score (nSPS) is 19.0. The molecule has 0 unspecified atom stereocenters. The Bertz CT molecular complexity index is 1090. The van der Waals surface area contributed by atoms with Crippen molar-refractivity contribution in [2.24, 2.45) is 0 Å². The first-order valence-corrected chi connectivity index (χ1v) is 13.0. The summed E-state index contributed by atoms with van der Waals surface area (Å²) in [6, 6.07) is 5.14. The number of benzene rings is 1. The van der Waals surface area contributed by atoms with Gasteiger partial charge in [-0.1, -0.05) is 0 Å². The van der Waals surface area contributed by atoms with Gasteiger partial charge in [0, 0.05) is 59.9 Å². The number of aryl methyl sites for hydroxylation is 1. The molecule has 1 amide bonds. The first kappa shape index (κ1) is 24.1. The van der Waals surface area contributed by atoms with Gasteiger partial charge < -0.3 is 14.2 Å². The van der Waals surface area contributed by atoms with Crippen molar-refractivity contribution in [3.05, 3.63) is 24.0 Å². The highest BCUT2D eigenvalue weighted by Gasteiger charge is 2.25. The smallest absolute Gasteiger partial charge is 0.242 e. The molecule has 0 aliphatic carbocycles. The van der Waals surface area contributed by atoms with E-state index in [1.807, 2.05) is 11.0 Å². The minimum Gasteiger partial charge on any atom is -0.379 e. The van der Waals surface area contributed by atoms with E-state index in [0.29, 0.717) is 44.9 Å². The maximum atomic E-state index is 12.7. The molecular formula is C22H34N6O4S. The van der Waals surface area contributed by atoms with Crippen LogP contribution in [0.4, 0.5) is 0 Å². The molecule has 2 saturated heterocycles. The van der Waals surface area contributed by atoms with Crippen LogP contribution in [0.3, 0.4) is 0 Å². The first-order valence-electron chi connectivity index (χ1n) is 11.5. The van der Waals surface area contributed by atoms with Crippen LogP contribution in [-0.2, 0) is 32.6 Å². The highest BCUT2D eigenvalue weighted by atomic mass is 32.2. The number of imidazole rings is 1. The van der Waals surface area contributed by atoms with Gasteiger partial charge in [0.2, 0.25) is 15.9 Å². The zero-order chi connectivity index (χ0) is 23.6. The number of amides is 1. The molecular weight excluding hydrogens is 444 g/mol. The van der Waals surface area contributed by atoms with Gasteiger partial charge in [-0.3, -0.25) is 14.6 Å². The molecule has 11 heteroatoms. The van der Waals surface area contributed by atoms with Gasteiger partial charge in [-0.05, 0) is 25.1 Å². The number of hydrogen-bond donors (Lipinski definition) is 0. The monoisotopic (exact) mass is 478 g/mol. The lowest BCUT2D eigenvalue weighted by molar-refractivity contribution is -0.135. The van der Waals surface area contributed by atoms with Crippen molar-refractivity contribution in [1.82, 2.24) is 28.6 Å². The fourth-order valence-electron chi connectivity index (χ4n) is 4.41. The average Bonchev–Trinajstić information content (AvgIpc) is 3.16. The molecule has 10 nitrogen and oxygen atoms in total. The van der Waals surface area contributed by atoms with Crippen molar-refractivity contribution in [2.45, 2.75) is 24.9 Å². The summed E-state index contributed by atoms with van der Waals surface area (Å²) in [5, 5.41) is 0. The van der Waals surface area contributed by atoms with Gasteiger partial charge in [-0.2, -0.15) is 0 Å². The van der Waals surface area contributed by atoms with Gasteiger partial charge in [-0.25, -0.2) is 17.7 Å². The van der Waals surface area contributed by atoms with E-state index in [0.717, 1.165) is 44.1 Å².